The largest absolute Gasteiger partial charge is 0.480 e. The third kappa shape index (κ3) is 2.77. The zero-order valence-electron chi connectivity index (χ0n) is 9.16. The number of sulfonamides is 1. The summed E-state index contributed by atoms with van der Waals surface area (Å²) >= 11 is 0. The number of hydrogen-bond donors (Lipinski definition) is 1. The van der Waals surface area contributed by atoms with Gasteiger partial charge in [-0.1, -0.05) is 0 Å². The van der Waals surface area contributed by atoms with Crippen molar-refractivity contribution in [3.05, 3.63) is 24.3 Å². The number of halogens is 1. The Morgan fingerprint density at radius 3 is 2.59 bits per heavy atom. The molecule has 8 heteroatoms. The maximum Gasteiger partial charge on any atom is 0.321 e. The fraction of sp³-hybridized carbons (Fsp3) is 0.333. The molecule has 0 spiro atoms. The first-order valence-corrected chi connectivity index (χ1v) is 6.02. The van der Waals surface area contributed by atoms with Crippen LogP contribution >= 0.6 is 0 Å². The first-order valence-electron chi connectivity index (χ1n) is 4.58. The van der Waals surface area contributed by atoms with Gasteiger partial charge in [-0.2, -0.15) is 4.31 Å². The molecule has 1 aromatic heterocycles. The minimum atomic E-state index is -4.06. The molecule has 1 N–H and O–H groups in total. The molecule has 0 saturated heterocycles. The number of likely N-dealkylation sites (N-methyl/N-ethyl adjacent to an activating group) is 1. The van der Waals surface area contributed by atoms with E-state index in [1.807, 2.05) is 0 Å². The number of aliphatic carboxylic acids is 1. The Hall–Kier alpha value is -1.54. The fourth-order valence-corrected chi connectivity index (χ4v) is 2.36. The van der Waals surface area contributed by atoms with Crippen LogP contribution in [0.1, 0.15) is 6.92 Å². The highest BCUT2D eigenvalue weighted by molar-refractivity contribution is 7.89. The summed E-state index contributed by atoms with van der Waals surface area (Å²) in [5, 5.41) is 8.72. The van der Waals surface area contributed by atoms with Crippen molar-refractivity contribution in [3.8, 4) is 0 Å². The van der Waals surface area contributed by atoms with E-state index < -0.39 is 27.9 Å². The number of rotatable bonds is 4. The molecule has 1 rings (SSSR count). The van der Waals surface area contributed by atoms with E-state index in [1.165, 1.54) is 6.92 Å². The van der Waals surface area contributed by atoms with E-state index in [4.69, 9.17) is 5.11 Å². The second-order valence-corrected chi connectivity index (χ2v) is 5.37. The van der Waals surface area contributed by atoms with Gasteiger partial charge in [0.15, 0.2) is 0 Å². The molecule has 1 atom stereocenters. The van der Waals surface area contributed by atoms with Crippen molar-refractivity contribution in [3.63, 3.8) is 0 Å². The van der Waals surface area contributed by atoms with Gasteiger partial charge in [0, 0.05) is 13.2 Å². The van der Waals surface area contributed by atoms with Crippen molar-refractivity contribution in [2.24, 2.45) is 0 Å². The topological polar surface area (TPSA) is 87.6 Å². The molecule has 1 heterocycles. The van der Waals surface area contributed by atoms with Crippen molar-refractivity contribution in [2.75, 3.05) is 7.05 Å². The summed E-state index contributed by atoms with van der Waals surface area (Å²) in [5.41, 5.74) is 0. The van der Waals surface area contributed by atoms with Crippen LogP contribution in [0, 0.1) is 5.82 Å². The van der Waals surface area contributed by atoms with E-state index in [0.717, 1.165) is 25.5 Å². The van der Waals surface area contributed by atoms with Crippen LogP contribution in [-0.2, 0) is 14.8 Å². The normalized spacial score (nSPS) is 13.6. The SMILES string of the molecule is C[C@@H](C(=O)O)N(C)S(=O)(=O)c1cncc(F)c1. The molecule has 6 nitrogen and oxygen atoms in total. The summed E-state index contributed by atoms with van der Waals surface area (Å²) in [7, 11) is -2.95. The van der Waals surface area contributed by atoms with E-state index in [9.17, 15) is 17.6 Å². The number of hydrogen-bond acceptors (Lipinski definition) is 4. The highest BCUT2D eigenvalue weighted by Gasteiger charge is 2.29. The Morgan fingerprint density at radius 2 is 2.12 bits per heavy atom. The van der Waals surface area contributed by atoms with Crippen LogP contribution in [0.5, 0.6) is 0 Å². The number of carboxylic acids is 1. The molecule has 0 saturated carbocycles. The summed E-state index contributed by atoms with van der Waals surface area (Å²) in [6.45, 7) is 1.21. The first-order chi connectivity index (χ1) is 7.76. The van der Waals surface area contributed by atoms with Gasteiger partial charge in [0.1, 0.15) is 16.8 Å². The molecule has 0 radical (unpaired) electrons. The molecule has 0 fully saturated rings. The van der Waals surface area contributed by atoms with Crippen LogP contribution in [0.3, 0.4) is 0 Å². The molecule has 0 aliphatic rings. The quantitative estimate of drug-likeness (QED) is 0.844. The fourth-order valence-electron chi connectivity index (χ4n) is 1.06. The van der Waals surface area contributed by atoms with Gasteiger partial charge in [-0.3, -0.25) is 9.78 Å². The van der Waals surface area contributed by atoms with Gasteiger partial charge in [-0.05, 0) is 13.0 Å². The summed E-state index contributed by atoms with van der Waals surface area (Å²) < 4.78 is 37.3. The van der Waals surface area contributed by atoms with Gasteiger partial charge in [0.2, 0.25) is 10.0 Å². The van der Waals surface area contributed by atoms with E-state index >= 15 is 0 Å². The Labute approximate surface area is 97.8 Å². The van der Waals surface area contributed by atoms with E-state index in [2.05, 4.69) is 4.98 Å². The van der Waals surface area contributed by atoms with Crippen LogP contribution in [0.2, 0.25) is 0 Å². The average molecular weight is 262 g/mol. The monoisotopic (exact) mass is 262 g/mol. The molecule has 17 heavy (non-hydrogen) atoms. The Kier molecular flexibility index (Phi) is 3.79. The predicted octanol–water partition coefficient (Wildman–Crippen LogP) is 0.314. The number of carboxylic acid groups (broad SMARTS) is 1. The number of nitrogens with zero attached hydrogens (tertiary/aromatic N) is 2. The van der Waals surface area contributed by atoms with E-state index in [-0.39, 0.29) is 4.90 Å². The molecule has 0 aliphatic heterocycles. The van der Waals surface area contributed by atoms with Crippen LogP contribution in [-0.4, -0.2) is 41.9 Å². The Balaban J connectivity index is 3.16. The lowest BCUT2D eigenvalue weighted by atomic mass is 10.4. The number of aromatic nitrogens is 1. The maximum atomic E-state index is 12.9. The predicted molar refractivity (Wildman–Crippen MR) is 56.2 cm³/mol. The Morgan fingerprint density at radius 1 is 1.53 bits per heavy atom. The van der Waals surface area contributed by atoms with Crippen LogP contribution < -0.4 is 0 Å². The summed E-state index contributed by atoms with van der Waals surface area (Å²) in [4.78, 5) is 13.7. The summed E-state index contributed by atoms with van der Waals surface area (Å²) in [5.74, 6) is -2.09. The first kappa shape index (κ1) is 13.5. The highest BCUT2D eigenvalue weighted by Crippen LogP contribution is 2.16. The molecule has 0 aromatic carbocycles. The molecular weight excluding hydrogens is 251 g/mol. The smallest absolute Gasteiger partial charge is 0.321 e. The van der Waals surface area contributed by atoms with Gasteiger partial charge >= 0.3 is 5.97 Å². The standard InChI is InChI=1S/C9H11FN2O4S/c1-6(9(13)14)12(2)17(15,16)8-3-7(10)4-11-5-8/h3-6H,1-2H3,(H,13,14)/t6-/m0/s1. The van der Waals surface area contributed by atoms with E-state index in [0.29, 0.717) is 4.31 Å². The van der Waals surface area contributed by atoms with Gasteiger partial charge in [-0.25, -0.2) is 12.8 Å². The van der Waals surface area contributed by atoms with Crippen LogP contribution in [0.4, 0.5) is 4.39 Å². The molecule has 0 unspecified atom stereocenters. The van der Waals surface area contributed by atoms with Crippen molar-refractivity contribution < 1.29 is 22.7 Å². The van der Waals surface area contributed by atoms with Crippen molar-refractivity contribution >= 4 is 16.0 Å². The van der Waals surface area contributed by atoms with Gasteiger partial charge in [0.25, 0.3) is 0 Å². The lowest BCUT2D eigenvalue weighted by Crippen LogP contribution is -2.40. The minimum absolute atomic E-state index is 0.381. The molecule has 0 amide bonds. The molecule has 94 valence electrons. The van der Waals surface area contributed by atoms with E-state index in [1.54, 1.807) is 0 Å². The third-order valence-electron chi connectivity index (χ3n) is 2.26. The van der Waals surface area contributed by atoms with Gasteiger partial charge in [-0.15, -0.1) is 0 Å². The minimum Gasteiger partial charge on any atom is -0.480 e. The molecule has 1 aromatic rings. The van der Waals surface area contributed by atoms with Gasteiger partial charge < -0.3 is 5.11 Å². The third-order valence-corrected chi connectivity index (χ3v) is 4.15. The molecule has 0 bridgehead atoms. The Bertz CT molecular complexity index is 532. The molecular formula is C9H11FN2O4S. The lowest BCUT2D eigenvalue weighted by Gasteiger charge is -2.20. The average Bonchev–Trinajstić information content (AvgIpc) is 2.26. The summed E-state index contributed by atoms with van der Waals surface area (Å²) in [6, 6.07) is -0.462. The highest BCUT2D eigenvalue weighted by atomic mass is 32.2. The second kappa shape index (κ2) is 4.76. The van der Waals surface area contributed by atoms with Crippen LogP contribution in [0.15, 0.2) is 23.4 Å². The number of pyridine rings is 1. The summed E-state index contributed by atoms with van der Waals surface area (Å²) in [6.07, 6.45) is 1.82. The molecule has 0 aliphatic carbocycles. The zero-order valence-corrected chi connectivity index (χ0v) is 9.98. The van der Waals surface area contributed by atoms with Crippen LogP contribution in [0.25, 0.3) is 0 Å². The van der Waals surface area contributed by atoms with Gasteiger partial charge in [0.05, 0.1) is 6.20 Å². The second-order valence-electron chi connectivity index (χ2n) is 3.37. The van der Waals surface area contributed by atoms with Crippen molar-refractivity contribution in [1.29, 1.82) is 0 Å². The maximum absolute atomic E-state index is 12.9. The number of carbonyl (C=O) groups is 1. The van der Waals surface area contributed by atoms with Crippen molar-refractivity contribution in [1.82, 2.24) is 9.29 Å². The lowest BCUT2D eigenvalue weighted by molar-refractivity contribution is -0.140. The zero-order chi connectivity index (χ0) is 13.2. The van der Waals surface area contributed by atoms with Crippen molar-refractivity contribution in [2.45, 2.75) is 17.9 Å².